The van der Waals surface area contributed by atoms with E-state index in [1.165, 1.54) is 0 Å². The number of nitrogens with zero attached hydrogens (tertiary/aromatic N) is 1. The van der Waals surface area contributed by atoms with E-state index >= 15 is 0 Å². The fourth-order valence-electron chi connectivity index (χ4n) is 2.55. The fraction of sp³-hybridized carbons (Fsp3) is 0.556. The zero-order valence-corrected chi connectivity index (χ0v) is 17.7. The summed E-state index contributed by atoms with van der Waals surface area (Å²) in [5, 5.41) is 1.89. The Morgan fingerprint density at radius 1 is 1.21 bits per heavy atom. The van der Waals surface area contributed by atoms with Crippen molar-refractivity contribution in [3.63, 3.8) is 0 Å². The highest BCUT2D eigenvalue weighted by Crippen LogP contribution is 2.31. The summed E-state index contributed by atoms with van der Waals surface area (Å²) in [7, 11) is -1.47. The van der Waals surface area contributed by atoms with Gasteiger partial charge in [-0.2, -0.15) is 5.06 Å². The van der Waals surface area contributed by atoms with E-state index in [0.29, 0.717) is 0 Å². The molecule has 0 amide bonds. The first-order chi connectivity index (χ1) is 11.1. The number of rotatable bonds is 7. The van der Waals surface area contributed by atoms with Crippen LogP contribution in [0.25, 0.3) is 0 Å². The van der Waals surface area contributed by atoms with Gasteiger partial charge in [-0.3, -0.25) is 4.74 Å². The minimum atomic E-state index is -1.73. The monoisotopic (exact) mass is 362 g/mol. The molecule has 1 aliphatic heterocycles. The summed E-state index contributed by atoms with van der Waals surface area (Å²) in [4.78, 5) is 0. The number of ether oxygens (including phenoxy) is 1. The summed E-state index contributed by atoms with van der Waals surface area (Å²) in [6.07, 6.45) is 4.55. The molecular formula is C18H28NO3Si2+. The zero-order chi connectivity index (χ0) is 18.0. The Morgan fingerprint density at radius 2 is 1.92 bits per heavy atom. The quantitative estimate of drug-likeness (QED) is 0.417. The summed E-state index contributed by atoms with van der Waals surface area (Å²) >= 11 is 0. The molecule has 0 N–H and O–H groups in total. The smallest absolute Gasteiger partial charge is 0.350 e. The Balaban J connectivity index is 2.17. The summed E-state index contributed by atoms with van der Waals surface area (Å²) in [5.41, 5.74) is 0.981. The van der Waals surface area contributed by atoms with Crippen LogP contribution < -0.4 is 0 Å². The molecule has 24 heavy (non-hydrogen) atoms. The van der Waals surface area contributed by atoms with Crippen molar-refractivity contribution < 1.29 is 13.7 Å². The Bertz CT molecular complexity index is 552. The van der Waals surface area contributed by atoms with Crippen molar-refractivity contribution in [3.8, 4) is 0 Å². The SMILES string of the molecule is CN(O[Si](C)(C)C)C(c1c#cccc1)C1C=[C+]C(O[Si](C)(C)C)O1. The molecule has 130 valence electrons. The van der Waals surface area contributed by atoms with Crippen LogP contribution in [-0.4, -0.2) is 41.1 Å². The van der Waals surface area contributed by atoms with Crippen LogP contribution in [-0.2, 0) is 13.7 Å². The van der Waals surface area contributed by atoms with Crippen LogP contribution in [0, 0.1) is 18.2 Å². The molecule has 3 atom stereocenters. The third-order valence-corrected chi connectivity index (χ3v) is 5.01. The number of hydroxylamine groups is 2. The molecule has 0 saturated heterocycles. The van der Waals surface area contributed by atoms with Gasteiger partial charge in [0.15, 0.2) is 20.5 Å². The molecule has 0 aromatic heterocycles. The lowest BCUT2D eigenvalue weighted by atomic mass is 10.0. The molecule has 6 heteroatoms. The van der Waals surface area contributed by atoms with E-state index in [1.807, 2.05) is 36.4 Å². The molecule has 1 aromatic carbocycles. The maximum Gasteiger partial charge on any atom is 0.379 e. The second kappa shape index (κ2) is 7.46. The zero-order valence-electron chi connectivity index (χ0n) is 15.7. The van der Waals surface area contributed by atoms with E-state index in [4.69, 9.17) is 13.7 Å². The van der Waals surface area contributed by atoms with Crippen molar-refractivity contribution in [2.75, 3.05) is 7.05 Å². The molecule has 0 spiro atoms. The molecule has 1 aromatic rings. The van der Waals surface area contributed by atoms with Gasteiger partial charge in [-0.1, -0.05) is 18.2 Å². The maximum atomic E-state index is 6.18. The molecule has 2 rings (SSSR count). The van der Waals surface area contributed by atoms with Crippen molar-refractivity contribution in [2.24, 2.45) is 0 Å². The third kappa shape index (κ3) is 5.80. The van der Waals surface area contributed by atoms with E-state index in [2.05, 4.69) is 57.5 Å². The highest BCUT2D eigenvalue weighted by molar-refractivity contribution is 6.70. The lowest BCUT2D eigenvalue weighted by Crippen LogP contribution is -2.42. The predicted molar refractivity (Wildman–Crippen MR) is 100.0 cm³/mol. The Hall–Kier alpha value is -1.04. The number of hydrogen-bond acceptors (Lipinski definition) is 4. The van der Waals surface area contributed by atoms with Gasteiger partial charge >= 0.3 is 6.29 Å². The van der Waals surface area contributed by atoms with Crippen molar-refractivity contribution >= 4 is 16.6 Å². The molecular weight excluding hydrogens is 334 g/mol. The second-order valence-electron chi connectivity index (χ2n) is 7.94. The Kier molecular flexibility index (Phi) is 6.00. The van der Waals surface area contributed by atoms with Crippen LogP contribution in [0.5, 0.6) is 0 Å². The highest BCUT2D eigenvalue weighted by atomic mass is 28.4. The average molecular weight is 363 g/mol. The molecule has 4 nitrogen and oxygen atoms in total. The maximum absolute atomic E-state index is 6.18. The van der Waals surface area contributed by atoms with E-state index in [9.17, 15) is 0 Å². The van der Waals surface area contributed by atoms with E-state index in [-0.39, 0.29) is 12.1 Å². The first kappa shape index (κ1) is 19.3. The largest absolute Gasteiger partial charge is 0.379 e. The lowest BCUT2D eigenvalue weighted by Gasteiger charge is -2.33. The van der Waals surface area contributed by atoms with Gasteiger partial charge in [0.2, 0.25) is 8.32 Å². The number of likely N-dealkylation sites (N-methyl/N-ethyl adjacent to an activating group) is 1. The summed E-state index contributed by atoms with van der Waals surface area (Å²) in [5.74, 6) is 0. The van der Waals surface area contributed by atoms with Crippen LogP contribution in [0.1, 0.15) is 11.6 Å². The van der Waals surface area contributed by atoms with Crippen LogP contribution >= 0.6 is 0 Å². The van der Waals surface area contributed by atoms with Gasteiger partial charge in [0, 0.05) is 12.6 Å². The van der Waals surface area contributed by atoms with Crippen molar-refractivity contribution in [3.05, 3.63) is 48.0 Å². The van der Waals surface area contributed by atoms with Crippen molar-refractivity contribution in [1.82, 2.24) is 5.06 Å². The summed E-state index contributed by atoms with van der Waals surface area (Å²) in [6.45, 7) is 12.9. The molecule has 3 unspecified atom stereocenters. The molecule has 0 aliphatic carbocycles. The van der Waals surface area contributed by atoms with Gasteiger partial charge < -0.3 is 8.95 Å². The van der Waals surface area contributed by atoms with Crippen molar-refractivity contribution in [1.29, 1.82) is 0 Å². The predicted octanol–water partition coefficient (Wildman–Crippen LogP) is 3.96. The third-order valence-electron chi connectivity index (χ3n) is 3.25. The second-order valence-corrected chi connectivity index (χ2v) is 16.8. The summed E-state index contributed by atoms with van der Waals surface area (Å²) in [6, 6.07) is 11.9. The number of hydrogen-bond donors (Lipinski definition) is 0. The molecule has 0 fully saturated rings. The molecule has 1 heterocycles. The first-order valence-electron chi connectivity index (χ1n) is 8.28. The van der Waals surface area contributed by atoms with Crippen LogP contribution in [0.15, 0.2) is 24.3 Å². The normalized spacial score (nSPS) is 22.3. The van der Waals surface area contributed by atoms with Gasteiger partial charge in [0.05, 0.1) is 0 Å². The van der Waals surface area contributed by atoms with Gasteiger partial charge in [-0.15, -0.1) is 0 Å². The molecule has 0 saturated carbocycles. The lowest BCUT2D eigenvalue weighted by molar-refractivity contribution is -0.148. The van der Waals surface area contributed by atoms with E-state index in [1.54, 1.807) is 0 Å². The fourth-order valence-corrected chi connectivity index (χ4v) is 4.29. The average Bonchev–Trinajstić information content (AvgIpc) is 2.84. The van der Waals surface area contributed by atoms with Gasteiger partial charge in [-0.25, -0.2) is 0 Å². The molecule has 0 bridgehead atoms. The topological polar surface area (TPSA) is 30.9 Å². The van der Waals surface area contributed by atoms with Crippen LogP contribution in [0.2, 0.25) is 39.3 Å². The van der Waals surface area contributed by atoms with Gasteiger partial charge in [0.25, 0.3) is 6.08 Å². The minimum Gasteiger partial charge on any atom is -0.350 e. The molecule has 0 radical (unpaired) electrons. The van der Waals surface area contributed by atoms with E-state index < -0.39 is 22.9 Å². The van der Waals surface area contributed by atoms with E-state index in [0.717, 1.165) is 5.56 Å². The minimum absolute atomic E-state index is 0.114. The molecule has 1 aliphatic rings. The standard InChI is InChI=1S/C18H28NO3Si2/c1-19(22-24(5,6)7)18(15-11-9-8-10-12-15)16-13-14-17(20-16)21-23(2,3)4/h8-9,11,13,16-18H,1-7H3/q+1. The highest BCUT2D eigenvalue weighted by Gasteiger charge is 2.43. The van der Waals surface area contributed by atoms with Crippen LogP contribution in [0.4, 0.5) is 0 Å². The summed E-state index contributed by atoms with van der Waals surface area (Å²) < 4.78 is 18.3. The Morgan fingerprint density at radius 3 is 2.46 bits per heavy atom. The Labute approximate surface area is 148 Å². The van der Waals surface area contributed by atoms with Gasteiger partial charge in [-0.05, 0) is 51.4 Å². The van der Waals surface area contributed by atoms with Crippen molar-refractivity contribution in [2.45, 2.75) is 57.7 Å². The van der Waals surface area contributed by atoms with Crippen LogP contribution in [0.3, 0.4) is 0 Å². The van der Waals surface area contributed by atoms with Gasteiger partial charge in [0.1, 0.15) is 6.04 Å². The first-order valence-corrected chi connectivity index (χ1v) is 15.1.